The SMILES string of the molecule is CC[C@@H](C)[C@H]1NC(=O)c2csc(n2)[C@H](C(C)C)NC(=O)[C@H]2N=C(O[C@@H]2C)[C@@H]2CCCN2C(=O)[C@H](Cc2ccccc2)NC(=O)c2csc1n2. The summed E-state index contributed by atoms with van der Waals surface area (Å²) in [5.41, 5.74) is 1.32. The third-order valence-electron chi connectivity index (χ3n) is 9.50. The van der Waals surface area contributed by atoms with Gasteiger partial charge in [-0.05, 0) is 37.2 Å². The van der Waals surface area contributed by atoms with Crippen molar-refractivity contribution in [3.63, 3.8) is 0 Å². The molecule has 12 nitrogen and oxygen atoms in total. The van der Waals surface area contributed by atoms with Crippen LogP contribution in [0.1, 0.15) is 103 Å². The molecule has 1 saturated heterocycles. The zero-order valence-electron chi connectivity index (χ0n) is 28.3. The molecule has 6 rings (SSSR count). The van der Waals surface area contributed by atoms with Crippen molar-refractivity contribution >= 4 is 52.2 Å². The zero-order chi connectivity index (χ0) is 34.8. The molecule has 4 amide bonds. The van der Waals surface area contributed by atoms with E-state index in [0.29, 0.717) is 28.9 Å². The van der Waals surface area contributed by atoms with Crippen molar-refractivity contribution in [1.29, 1.82) is 0 Å². The Balaban J connectivity index is 1.39. The molecule has 14 heteroatoms. The lowest BCUT2D eigenvalue weighted by atomic mass is 9.99. The van der Waals surface area contributed by atoms with Gasteiger partial charge >= 0.3 is 0 Å². The summed E-state index contributed by atoms with van der Waals surface area (Å²) >= 11 is 2.61. The van der Waals surface area contributed by atoms with Gasteiger partial charge in [0.2, 0.25) is 17.7 Å². The van der Waals surface area contributed by atoms with Gasteiger partial charge < -0.3 is 25.6 Å². The molecule has 7 atom stereocenters. The molecular formula is C35H43N7O5S2. The first kappa shape index (κ1) is 34.7. The lowest BCUT2D eigenvalue weighted by Crippen LogP contribution is -2.52. The minimum Gasteiger partial charge on any atom is -0.474 e. The number of amides is 4. The molecular weight excluding hydrogens is 663 g/mol. The van der Waals surface area contributed by atoms with E-state index in [-0.39, 0.29) is 47.4 Å². The second kappa shape index (κ2) is 14.8. The topological polar surface area (TPSA) is 155 Å². The summed E-state index contributed by atoms with van der Waals surface area (Å²) in [7, 11) is 0. The first-order valence-electron chi connectivity index (χ1n) is 17.0. The van der Waals surface area contributed by atoms with E-state index in [9.17, 15) is 19.2 Å². The van der Waals surface area contributed by atoms with Gasteiger partial charge in [0.1, 0.15) is 39.6 Å². The van der Waals surface area contributed by atoms with E-state index in [4.69, 9.17) is 9.73 Å². The Morgan fingerprint density at radius 1 is 0.918 bits per heavy atom. The number of aromatic nitrogens is 2. The molecule has 49 heavy (non-hydrogen) atoms. The smallest absolute Gasteiger partial charge is 0.271 e. The molecule has 5 heterocycles. The molecule has 3 aliphatic heterocycles. The molecule has 260 valence electrons. The lowest BCUT2D eigenvalue weighted by molar-refractivity contribution is -0.133. The van der Waals surface area contributed by atoms with Crippen LogP contribution in [0.15, 0.2) is 46.1 Å². The highest BCUT2D eigenvalue weighted by atomic mass is 32.1. The Bertz CT molecular complexity index is 1720. The molecule has 3 aromatic rings. The number of thiazole rings is 2. The van der Waals surface area contributed by atoms with E-state index in [1.165, 1.54) is 22.7 Å². The monoisotopic (exact) mass is 705 g/mol. The number of nitrogens with zero attached hydrogens (tertiary/aromatic N) is 4. The molecule has 3 aliphatic rings. The van der Waals surface area contributed by atoms with E-state index in [1.54, 1.807) is 22.6 Å². The van der Waals surface area contributed by atoms with Gasteiger partial charge in [0.25, 0.3) is 11.8 Å². The van der Waals surface area contributed by atoms with Crippen LogP contribution in [-0.2, 0) is 20.7 Å². The van der Waals surface area contributed by atoms with Crippen molar-refractivity contribution < 1.29 is 23.9 Å². The maximum Gasteiger partial charge on any atom is 0.271 e. The van der Waals surface area contributed by atoms with Gasteiger partial charge in [-0.1, -0.05) is 64.4 Å². The summed E-state index contributed by atoms with van der Waals surface area (Å²) in [4.78, 5) is 71.1. The van der Waals surface area contributed by atoms with Gasteiger partial charge in [-0.2, -0.15) is 0 Å². The van der Waals surface area contributed by atoms with E-state index in [1.807, 2.05) is 58.0 Å². The van der Waals surface area contributed by atoms with E-state index >= 15 is 0 Å². The second-order valence-electron chi connectivity index (χ2n) is 13.3. The lowest BCUT2D eigenvalue weighted by Gasteiger charge is -2.29. The van der Waals surface area contributed by atoms with Crippen molar-refractivity contribution in [1.82, 2.24) is 30.8 Å². The summed E-state index contributed by atoms with van der Waals surface area (Å²) in [6.07, 6.45) is 1.84. The molecule has 3 N–H and O–H groups in total. The summed E-state index contributed by atoms with van der Waals surface area (Å²) in [5.74, 6) is -1.07. The third kappa shape index (κ3) is 7.40. The van der Waals surface area contributed by atoms with Crippen LogP contribution in [-0.4, -0.2) is 75.2 Å². The summed E-state index contributed by atoms with van der Waals surface area (Å²) < 4.78 is 6.17. The summed E-state index contributed by atoms with van der Waals surface area (Å²) in [6.45, 7) is 10.3. The van der Waals surface area contributed by atoms with Gasteiger partial charge in [-0.25, -0.2) is 15.0 Å². The number of hydrogen-bond acceptors (Lipinski definition) is 10. The number of nitrogens with one attached hydrogen (secondary N) is 3. The minimum absolute atomic E-state index is 0.00816. The predicted octanol–water partition coefficient (Wildman–Crippen LogP) is 4.46. The van der Waals surface area contributed by atoms with Crippen LogP contribution in [0.3, 0.4) is 0 Å². The van der Waals surface area contributed by atoms with Crippen molar-refractivity contribution in [2.45, 2.75) is 96.6 Å². The highest BCUT2D eigenvalue weighted by molar-refractivity contribution is 7.10. The highest BCUT2D eigenvalue weighted by Gasteiger charge is 2.43. The number of aliphatic imine (C=N–C) groups is 1. The van der Waals surface area contributed by atoms with Gasteiger partial charge in [0.15, 0.2) is 6.04 Å². The van der Waals surface area contributed by atoms with E-state index < -0.39 is 42.2 Å². The predicted molar refractivity (Wildman–Crippen MR) is 188 cm³/mol. The number of fused-ring (bicyclic) bond motifs is 7. The van der Waals surface area contributed by atoms with Crippen molar-refractivity contribution in [2.24, 2.45) is 16.8 Å². The number of benzene rings is 1. The molecule has 0 saturated carbocycles. The number of rotatable bonds is 5. The highest BCUT2D eigenvalue weighted by Crippen LogP contribution is 2.31. The Morgan fingerprint density at radius 3 is 2.22 bits per heavy atom. The average Bonchev–Trinajstić information content (AvgIpc) is 3.91. The first-order chi connectivity index (χ1) is 23.5. The zero-order valence-corrected chi connectivity index (χ0v) is 30.0. The Morgan fingerprint density at radius 2 is 1.57 bits per heavy atom. The van der Waals surface area contributed by atoms with Gasteiger partial charge in [-0.15, -0.1) is 22.7 Å². The van der Waals surface area contributed by atoms with Crippen LogP contribution in [0.5, 0.6) is 0 Å². The average molecular weight is 706 g/mol. The number of ether oxygens (including phenoxy) is 1. The van der Waals surface area contributed by atoms with Gasteiger partial charge in [0.05, 0.1) is 12.1 Å². The van der Waals surface area contributed by atoms with Gasteiger partial charge in [0, 0.05) is 23.7 Å². The van der Waals surface area contributed by atoms with Gasteiger partial charge in [-0.3, -0.25) is 19.2 Å². The normalized spacial score (nSPS) is 27.0. The first-order valence-corrected chi connectivity index (χ1v) is 18.7. The quantitative estimate of drug-likeness (QED) is 0.354. The van der Waals surface area contributed by atoms with Crippen LogP contribution in [0, 0.1) is 11.8 Å². The maximum atomic E-state index is 14.3. The molecule has 0 aliphatic carbocycles. The largest absolute Gasteiger partial charge is 0.474 e. The number of hydrogen-bond donors (Lipinski definition) is 3. The molecule has 1 aromatic carbocycles. The fourth-order valence-electron chi connectivity index (χ4n) is 6.45. The summed E-state index contributed by atoms with van der Waals surface area (Å²) in [5, 5.41) is 13.7. The summed E-state index contributed by atoms with van der Waals surface area (Å²) in [6, 6.07) is 6.46. The van der Waals surface area contributed by atoms with Crippen LogP contribution >= 0.6 is 22.7 Å². The third-order valence-corrected chi connectivity index (χ3v) is 11.4. The Kier molecular flexibility index (Phi) is 10.4. The Labute approximate surface area is 294 Å². The molecule has 0 unspecified atom stereocenters. The molecule has 1 fully saturated rings. The van der Waals surface area contributed by atoms with Crippen LogP contribution in [0.4, 0.5) is 0 Å². The minimum atomic E-state index is -0.885. The fourth-order valence-corrected chi connectivity index (χ4v) is 8.46. The van der Waals surface area contributed by atoms with Crippen molar-refractivity contribution in [3.05, 3.63) is 68.1 Å². The molecule has 6 bridgehead atoms. The standard InChI is InChI=1S/C35H43N7O5S2/c1-6-19(4)27-34-38-23(16-49-34)29(43)36-22(15-21-11-8-7-9-12-21)35(46)42-14-10-13-25(42)32-41-28(20(5)47-32)31(45)39-26(18(2)3)33-37-24(17-48-33)30(44)40-27/h7-9,11-12,16-20,22,25-28H,6,10,13-15H2,1-5H3,(H,36,43)(H,39,45)(H,40,44)/t19-,20-,22+,25+,26+,27-,28+/m1/s1. The molecule has 0 radical (unpaired) electrons. The number of carbonyl (C=O) groups is 4. The molecule has 2 aromatic heterocycles. The number of carbonyl (C=O) groups excluding carboxylic acids is 4. The second-order valence-corrected chi connectivity index (χ2v) is 15.1. The van der Waals surface area contributed by atoms with Crippen LogP contribution in [0.25, 0.3) is 0 Å². The molecule has 0 spiro atoms. The Hall–Kier alpha value is -4.17. The van der Waals surface area contributed by atoms with Crippen LogP contribution in [0.2, 0.25) is 0 Å². The van der Waals surface area contributed by atoms with Crippen molar-refractivity contribution in [3.8, 4) is 0 Å². The maximum absolute atomic E-state index is 14.3. The fraction of sp³-hybridized carbons (Fsp3) is 0.514. The van der Waals surface area contributed by atoms with E-state index in [0.717, 1.165) is 18.4 Å². The van der Waals surface area contributed by atoms with Crippen LogP contribution < -0.4 is 16.0 Å². The van der Waals surface area contributed by atoms with E-state index in [2.05, 4.69) is 25.9 Å². The van der Waals surface area contributed by atoms with Crippen molar-refractivity contribution in [2.75, 3.05) is 6.54 Å².